The molecule has 2 N–H and O–H groups in total. The van der Waals surface area contributed by atoms with E-state index in [1.165, 1.54) is 44.1 Å². The maximum atomic E-state index is 10.7. The first-order valence-electron chi connectivity index (χ1n) is 10.3. The van der Waals surface area contributed by atoms with Crippen LogP contribution in [0, 0.1) is 17.8 Å². The van der Waals surface area contributed by atoms with Crippen LogP contribution >= 0.6 is 0 Å². The average molecular weight is 361 g/mol. The Balaban J connectivity index is 1.45. The molecule has 4 aliphatic carbocycles. The van der Waals surface area contributed by atoms with Crippen molar-refractivity contribution in [2.75, 3.05) is 5.43 Å². The zero-order valence-electron chi connectivity index (χ0n) is 16.0. The van der Waals surface area contributed by atoms with Gasteiger partial charge in [0, 0.05) is 5.56 Å². The van der Waals surface area contributed by atoms with Crippen molar-refractivity contribution in [1.29, 1.82) is 0 Å². The van der Waals surface area contributed by atoms with Crippen molar-refractivity contribution in [3.8, 4) is 5.75 Å². The Morgan fingerprint density at radius 2 is 1.59 bits per heavy atom. The normalized spacial score (nSPS) is 31.9. The van der Waals surface area contributed by atoms with Gasteiger partial charge in [0.2, 0.25) is 0 Å². The lowest BCUT2D eigenvalue weighted by Gasteiger charge is -2.57. The van der Waals surface area contributed by atoms with Gasteiger partial charge in [0.15, 0.2) is 0 Å². The maximum absolute atomic E-state index is 10.7. The van der Waals surface area contributed by atoms with Crippen LogP contribution in [0.5, 0.6) is 5.75 Å². The summed E-state index contributed by atoms with van der Waals surface area (Å²) in [5.74, 6) is 3.08. The van der Waals surface area contributed by atoms with Crippen LogP contribution in [0.4, 0.5) is 5.69 Å². The highest BCUT2D eigenvalue weighted by Crippen LogP contribution is 2.61. The predicted molar refractivity (Wildman–Crippen MR) is 110 cm³/mol. The van der Waals surface area contributed by atoms with E-state index in [1.807, 2.05) is 49.4 Å². The first-order valence-corrected chi connectivity index (χ1v) is 10.3. The Kier molecular flexibility index (Phi) is 3.99. The molecule has 4 aliphatic rings. The number of nitrogens with zero attached hydrogens (tertiary/aromatic N) is 1. The molecule has 140 valence electrons. The molecule has 6 rings (SSSR count). The Labute approximate surface area is 161 Å². The standard InChI is InChI=1S/C24H28N2O/c1-16(25-26-21-5-3-2-4-6-21)20-7-8-23(27)22(12-20)24-13-17-9-18(14-24)11-19(10-17)15-24/h2-8,12,17-19,26-27H,9-11,13-15H2,1H3/b25-16+. The number of rotatable bonds is 4. The molecule has 0 heterocycles. The number of phenolic OH excluding ortho intramolecular Hbond substituents is 1. The third-order valence-electron chi connectivity index (χ3n) is 7.15. The monoisotopic (exact) mass is 360 g/mol. The van der Waals surface area contributed by atoms with E-state index in [0.717, 1.165) is 34.7 Å². The van der Waals surface area contributed by atoms with Crippen LogP contribution in [0.2, 0.25) is 0 Å². The number of hydrogen-bond donors (Lipinski definition) is 2. The molecular weight excluding hydrogens is 332 g/mol. The molecule has 27 heavy (non-hydrogen) atoms. The van der Waals surface area contributed by atoms with Crippen LogP contribution in [-0.2, 0) is 5.41 Å². The SMILES string of the molecule is C/C(=N\Nc1ccccc1)c1ccc(O)c(C23CC4CC(CC(C4)C2)C3)c1. The minimum absolute atomic E-state index is 0.196. The van der Waals surface area contributed by atoms with Gasteiger partial charge in [-0.05, 0) is 105 Å². The number of aromatic hydroxyl groups is 1. The summed E-state index contributed by atoms with van der Waals surface area (Å²) in [4.78, 5) is 0. The van der Waals surface area contributed by atoms with Gasteiger partial charge in [0.05, 0.1) is 11.4 Å². The Bertz CT molecular complexity index is 836. The highest BCUT2D eigenvalue weighted by atomic mass is 16.3. The van der Waals surface area contributed by atoms with Gasteiger partial charge in [-0.3, -0.25) is 5.43 Å². The molecule has 0 aliphatic heterocycles. The first-order chi connectivity index (χ1) is 13.1. The number of benzene rings is 2. The topological polar surface area (TPSA) is 44.6 Å². The van der Waals surface area contributed by atoms with Crippen LogP contribution in [0.3, 0.4) is 0 Å². The van der Waals surface area contributed by atoms with E-state index in [1.54, 1.807) is 0 Å². The van der Waals surface area contributed by atoms with Crippen molar-refractivity contribution in [2.24, 2.45) is 22.9 Å². The van der Waals surface area contributed by atoms with Gasteiger partial charge in [-0.1, -0.05) is 18.2 Å². The van der Waals surface area contributed by atoms with Gasteiger partial charge >= 0.3 is 0 Å². The Morgan fingerprint density at radius 3 is 2.22 bits per heavy atom. The quantitative estimate of drug-likeness (QED) is 0.543. The van der Waals surface area contributed by atoms with Gasteiger partial charge in [0.1, 0.15) is 5.75 Å². The molecule has 3 nitrogen and oxygen atoms in total. The van der Waals surface area contributed by atoms with Crippen LogP contribution in [-0.4, -0.2) is 10.8 Å². The molecule has 2 aromatic rings. The van der Waals surface area contributed by atoms with E-state index in [0.29, 0.717) is 5.75 Å². The second kappa shape index (κ2) is 6.40. The molecule has 0 aromatic heterocycles. The predicted octanol–water partition coefficient (Wildman–Crippen LogP) is 5.70. The van der Waals surface area contributed by atoms with E-state index >= 15 is 0 Å². The lowest BCUT2D eigenvalue weighted by molar-refractivity contribution is -0.00613. The lowest BCUT2D eigenvalue weighted by Crippen LogP contribution is -2.48. The maximum Gasteiger partial charge on any atom is 0.119 e. The van der Waals surface area contributed by atoms with Gasteiger partial charge in [-0.15, -0.1) is 0 Å². The van der Waals surface area contributed by atoms with Crippen molar-refractivity contribution >= 4 is 11.4 Å². The molecule has 0 atom stereocenters. The van der Waals surface area contributed by atoms with Crippen molar-refractivity contribution in [1.82, 2.24) is 0 Å². The minimum atomic E-state index is 0.196. The van der Waals surface area contributed by atoms with Crippen molar-refractivity contribution in [2.45, 2.75) is 50.9 Å². The second-order valence-corrected chi connectivity index (χ2v) is 9.10. The van der Waals surface area contributed by atoms with Gasteiger partial charge in [-0.25, -0.2) is 0 Å². The summed E-state index contributed by atoms with van der Waals surface area (Å²) < 4.78 is 0. The summed E-state index contributed by atoms with van der Waals surface area (Å²) in [6.07, 6.45) is 8.03. The molecule has 4 saturated carbocycles. The summed E-state index contributed by atoms with van der Waals surface area (Å²) in [5, 5.41) is 15.3. The van der Waals surface area contributed by atoms with Gasteiger partial charge in [-0.2, -0.15) is 5.10 Å². The van der Waals surface area contributed by atoms with E-state index in [4.69, 9.17) is 0 Å². The Morgan fingerprint density at radius 1 is 0.963 bits per heavy atom. The lowest BCUT2D eigenvalue weighted by atomic mass is 9.48. The van der Waals surface area contributed by atoms with E-state index in [2.05, 4.69) is 16.6 Å². The third kappa shape index (κ3) is 3.03. The Hall–Kier alpha value is -2.29. The summed E-state index contributed by atoms with van der Waals surface area (Å²) in [7, 11) is 0. The molecule has 4 fully saturated rings. The van der Waals surface area contributed by atoms with Crippen LogP contribution in [0.15, 0.2) is 53.6 Å². The zero-order valence-corrected chi connectivity index (χ0v) is 16.0. The number of phenols is 1. The molecule has 3 heteroatoms. The summed E-state index contributed by atoms with van der Waals surface area (Å²) in [6.45, 7) is 2.03. The minimum Gasteiger partial charge on any atom is -0.508 e. The molecule has 0 spiro atoms. The summed E-state index contributed by atoms with van der Waals surface area (Å²) in [5.41, 5.74) is 7.54. The number of nitrogens with one attached hydrogen (secondary N) is 1. The summed E-state index contributed by atoms with van der Waals surface area (Å²) in [6, 6.07) is 16.1. The van der Waals surface area contributed by atoms with Crippen LogP contribution in [0.25, 0.3) is 0 Å². The molecule has 0 saturated heterocycles. The zero-order chi connectivity index (χ0) is 18.4. The van der Waals surface area contributed by atoms with E-state index < -0.39 is 0 Å². The van der Waals surface area contributed by atoms with Crippen molar-refractivity contribution in [3.05, 3.63) is 59.7 Å². The molecule has 0 amide bonds. The molecule has 4 bridgehead atoms. The van der Waals surface area contributed by atoms with Crippen molar-refractivity contribution < 1.29 is 5.11 Å². The largest absolute Gasteiger partial charge is 0.508 e. The molecular formula is C24H28N2O. The first kappa shape index (κ1) is 16.9. The number of para-hydroxylation sites is 1. The van der Waals surface area contributed by atoms with Gasteiger partial charge in [0.25, 0.3) is 0 Å². The third-order valence-corrected chi connectivity index (χ3v) is 7.15. The fourth-order valence-corrected chi connectivity index (χ4v) is 6.35. The van der Waals surface area contributed by atoms with E-state index in [9.17, 15) is 5.11 Å². The molecule has 0 unspecified atom stereocenters. The van der Waals surface area contributed by atoms with Gasteiger partial charge < -0.3 is 5.11 Å². The number of anilines is 1. The molecule has 2 aromatic carbocycles. The van der Waals surface area contributed by atoms with Crippen LogP contribution < -0.4 is 5.43 Å². The highest BCUT2D eigenvalue weighted by molar-refractivity contribution is 5.99. The van der Waals surface area contributed by atoms with E-state index in [-0.39, 0.29) is 5.41 Å². The fourth-order valence-electron chi connectivity index (χ4n) is 6.35. The fraction of sp³-hybridized carbons (Fsp3) is 0.458. The number of hydrogen-bond acceptors (Lipinski definition) is 3. The number of hydrazone groups is 1. The average Bonchev–Trinajstić information content (AvgIpc) is 2.66. The smallest absolute Gasteiger partial charge is 0.119 e. The van der Waals surface area contributed by atoms with Crippen LogP contribution in [0.1, 0.15) is 56.6 Å². The second-order valence-electron chi connectivity index (χ2n) is 9.10. The summed E-state index contributed by atoms with van der Waals surface area (Å²) >= 11 is 0. The molecule has 0 radical (unpaired) electrons. The van der Waals surface area contributed by atoms with Crippen molar-refractivity contribution in [3.63, 3.8) is 0 Å². The highest BCUT2D eigenvalue weighted by Gasteiger charge is 2.52.